The summed E-state index contributed by atoms with van der Waals surface area (Å²) in [7, 11) is 1.57. The fourth-order valence-corrected chi connectivity index (χ4v) is 1.61. The number of carbonyl (C=O) groups is 2. The van der Waals surface area contributed by atoms with Gasteiger partial charge in [-0.05, 0) is 45.0 Å². The lowest BCUT2D eigenvalue weighted by molar-refractivity contribution is -0.118. The molecule has 1 rings (SSSR count). The van der Waals surface area contributed by atoms with Gasteiger partial charge in [-0.25, -0.2) is 4.79 Å². The van der Waals surface area contributed by atoms with Gasteiger partial charge in [0.15, 0.2) is 0 Å². The van der Waals surface area contributed by atoms with Crippen LogP contribution < -0.4 is 21.1 Å². The standard InChI is InChI=1S/C15H23N3O4/c1-15(2,3)22-14(20)17-9-12(13(16)19)18-10-5-7-11(21-4)8-6-10/h5-8,12,18H,9H2,1-4H3,(H2,16,19)(H,17,20). The Balaban J connectivity index is 2.58. The first-order chi connectivity index (χ1) is 10.2. The molecular formula is C15H23N3O4. The molecule has 0 aliphatic carbocycles. The third-order valence-corrected chi connectivity index (χ3v) is 2.62. The maximum Gasteiger partial charge on any atom is 0.407 e. The highest BCUT2D eigenvalue weighted by molar-refractivity contribution is 5.84. The summed E-state index contributed by atoms with van der Waals surface area (Å²) in [6.07, 6.45) is -0.602. The molecule has 0 aliphatic rings. The zero-order valence-corrected chi connectivity index (χ0v) is 13.3. The van der Waals surface area contributed by atoms with Crippen LogP contribution in [0, 0.1) is 0 Å². The number of methoxy groups -OCH3 is 1. The van der Waals surface area contributed by atoms with Crippen LogP contribution >= 0.6 is 0 Å². The van der Waals surface area contributed by atoms with Gasteiger partial charge < -0.3 is 25.8 Å². The van der Waals surface area contributed by atoms with E-state index in [4.69, 9.17) is 15.2 Å². The molecule has 1 aromatic rings. The minimum absolute atomic E-state index is 0.0241. The number of ether oxygens (including phenoxy) is 2. The maximum absolute atomic E-state index is 11.6. The average Bonchev–Trinajstić information content (AvgIpc) is 2.41. The van der Waals surface area contributed by atoms with E-state index in [0.29, 0.717) is 11.4 Å². The van der Waals surface area contributed by atoms with E-state index in [1.54, 1.807) is 52.1 Å². The van der Waals surface area contributed by atoms with E-state index in [-0.39, 0.29) is 6.54 Å². The van der Waals surface area contributed by atoms with E-state index in [9.17, 15) is 9.59 Å². The van der Waals surface area contributed by atoms with E-state index in [1.807, 2.05) is 0 Å². The molecule has 0 saturated carbocycles. The third kappa shape index (κ3) is 6.34. The summed E-state index contributed by atoms with van der Waals surface area (Å²) in [4.78, 5) is 23.1. The Bertz CT molecular complexity index is 509. The summed E-state index contributed by atoms with van der Waals surface area (Å²) in [5, 5.41) is 5.46. The Morgan fingerprint density at radius 3 is 2.27 bits per heavy atom. The number of anilines is 1. The molecule has 7 nitrogen and oxygen atoms in total. The molecule has 1 atom stereocenters. The number of benzene rings is 1. The van der Waals surface area contributed by atoms with Crippen LogP contribution in [0.15, 0.2) is 24.3 Å². The van der Waals surface area contributed by atoms with Gasteiger partial charge in [-0.3, -0.25) is 4.79 Å². The van der Waals surface area contributed by atoms with Crippen molar-refractivity contribution in [1.82, 2.24) is 5.32 Å². The monoisotopic (exact) mass is 309 g/mol. The first-order valence-electron chi connectivity index (χ1n) is 6.88. The molecule has 0 spiro atoms. The number of nitrogens with two attached hydrogens (primary N) is 1. The van der Waals surface area contributed by atoms with Gasteiger partial charge in [0.1, 0.15) is 17.4 Å². The number of hydrogen-bond donors (Lipinski definition) is 3. The van der Waals surface area contributed by atoms with Crippen molar-refractivity contribution in [2.24, 2.45) is 5.73 Å². The van der Waals surface area contributed by atoms with Crippen molar-refractivity contribution in [1.29, 1.82) is 0 Å². The van der Waals surface area contributed by atoms with Gasteiger partial charge in [0.2, 0.25) is 5.91 Å². The second-order valence-corrected chi connectivity index (χ2v) is 5.71. The van der Waals surface area contributed by atoms with Crippen LogP contribution in [-0.4, -0.2) is 37.3 Å². The lowest BCUT2D eigenvalue weighted by Gasteiger charge is -2.22. The molecule has 0 saturated heterocycles. The summed E-state index contributed by atoms with van der Waals surface area (Å²) >= 11 is 0. The van der Waals surface area contributed by atoms with Crippen molar-refractivity contribution in [2.45, 2.75) is 32.4 Å². The molecule has 0 aliphatic heterocycles. The van der Waals surface area contributed by atoms with Crippen LogP contribution in [0.2, 0.25) is 0 Å². The minimum atomic E-state index is -0.749. The predicted molar refractivity (Wildman–Crippen MR) is 83.8 cm³/mol. The summed E-state index contributed by atoms with van der Waals surface area (Å²) in [6.45, 7) is 5.30. The second kappa shape index (κ2) is 7.53. The number of primary amides is 1. The highest BCUT2D eigenvalue weighted by atomic mass is 16.6. The molecule has 1 aromatic carbocycles. The van der Waals surface area contributed by atoms with Crippen LogP contribution in [0.25, 0.3) is 0 Å². The first kappa shape index (κ1) is 17.6. The van der Waals surface area contributed by atoms with E-state index < -0.39 is 23.6 Å². The van der Waals surface area contributed by atoms with Gasteiger partial charge in [0.05, 0.1) is 13.7 Å². The van der Waals surface area contributed by atoms with Gasteiger partial charge >= 0.3 is 6.09 Å². The second-order valence-electron chi connectivity index (χ2n) is 5.71. The van der Waals surface area contributed by atoms with Gasteiger partial charge in [0.25, 0.3) is 0 Å². The highest BCUT2D eigenvalue weighted by Gasteiger charge is 2.20. The van der Waals surface area contributed by atoms with Crippen molar-refractivity contribution in [3.63, 3.8) is 0 Å². The van der Waals surface area contributed by atoms with Crippen molar-refractivity contribution >= 4 is 17.7 Å². The van der Waals surface area contributed by atoms with Crippen molar-refractivity contribution < 1.29 is 19.1 Å². The molecule has 0 aromatic heterocycles. The molecule has 122 valence electrons. The number of nitrogens with one attached hydrogen (secondary N) is 2. The molecule has 7 heteroatoms. The van der Waals surface area contributed by atoms with E-state index >= 15 is 0 Å². The Labute approximate surface area is 130 Å². The number of carbonyl (C=O) groups excluding carboxylic acids is 2. The number of hydrogen-bond acceptors (Lipinski definition) is 5. The Hall–Kier alpha value is -2.44. The smallest absolute Gasteiger partial charge is 0.407 e. The van der Waals surface area contributed by atoms with E-state index in [2.05, 4.69) is 10.6 Å². The largest absolute Gasteiger partial charge is 0.497 e. The van der Waals surface area contributed by atoms with Gasteiger partial charge in [0, 0.05) is 5.69 Å². The number of amides is 2. The fraction of sp³-hybridized carbons (Fsp3) is 0.467. The Kier molecular flexibility index (Phi) is 6.03. The minimum Gasteiger partial charge on any atom is -0.497 e. The zero-order chi connectivity index (χ0) is 16.8. The molecule has 2 amide bonds. The molecule has 0 heterocycles. The summed E-state index contributed by atoms with van der Waals surface area (Å²) < 4.78 is 10.2. The third-order valence-electron chi connectivity index (χ3n) is 2.62. The van der Waals surface area contributed by atoms with Crippen molar-refractivity contribution in [3.8, 4) is 5.75 Å². The SMILES string of the molecule is COc1ccc(NC(CNC(=O)OC(C)(C)C)C(N)=O)cc1. The van der Waals surface area contributed by atoms with Gasteiger partial charge in [-0.2, -0.15) is 0 Å². The van der Waals surface area contributed by atoms with Crippen LogP contribution in [0.1, 0.15) is 20.8 Å². The lowest BCUT2D eigenvalue weighted by atomic mass is 10.2. The molecule has 0 radical (unpaired) electrons. The number of alkyl carbamates (subject to hydrolysis) is 1. The van der Waals surface area contributed by atoms with Crippen LogP contribution in [0.5, 0.6) is 5.75 Å². The summed E-state index contributed by atoms with van der Waals surface area (Å²) in [5.41, 5.74) is 5.42. The highest BCUT2D eigenvalue weighted by Crippen LogP contribution is 2.15. The maximum atomic E-state index is 11.6. The van der Waals surface area contributed by atoms with Crippen molar-refractivity contribution in [3.05, 3.63) is 24.3 Å². The Morgan fingerprint density at radius 2 is 1.82 bits per heavy atom. The molecule has 0 bridgehead atoms. The number of rotatable bonds is 6. The van der Waals surface area contributed by atoms with Gasteiger partial charge in [-0.1, -0.05) is 0 Å². The van der Waals surface area contributed by atoms with E-state index in [0.717, 1.165) is 0 Å². The Morgan fingerprint density at radius 1 is 1.23 bits per heavy atom. The molecule has 0 fully saturated rings. The van der Waals surface area contributed by atoms with Gasteiger partial charge in [-0.15, -0.1) is 0 Å². The lowest BCUT2D eigenvalue weighted by Crippen LogP contribution is -2.46. The normalized spacial score (nSPS) is 12.2. The van der Waals surface area contributed by atoms with E-state index in [1.165, 1.54) is 0 Å². The van der Waals surface area contributed by atoms with Crippen LogP contribution in [0.3, 0.4) is 0 Å². The van der Waals surface area contributed by atoms with Crippen LogP contribution in [0.4, 0.5) is 10.5 Å². The van der Waals surface area contributed by atoms with Crippen LogP contribution in [-0.2, 0) is 9.53 Å². The van der Waals surface area contributed by atoms with Crippen molar-refractivity contribution in [2.75, 3.05) is 19.0 Å². The zero-order valence-electron chi connectivity index (χ0n) is 13.3. The quantitative estimate of drug-likeness (QED) is 0.738. The molecule has 4 N–H and O–H groups in total. The predicted octanol–water partition coefficient (Wildman–Crippen LogP) is 1.49. The average molecular weight is 309 g/mol. The molecule has 1 unspecified atom stereocenters. The topological polar surface area (TPSA) is 103 Å². The first-order valence-corrected chi connectivity index (χ1v) is 6.88. The summed E-state index contributed by atoms with van der Waals surface area (Å²) in [5.74, 6) is 0.125. The summed E-state index contributed by atoms with van der Waals surface area (Å²) in [6, 6.07) is 6.26. The molecular weight excluding hydrogens is 286 g/mol. The molecule has 22 heavy (non-hydrogen) atoms. The fourth-order valence-electron chi connectivity index (χ4n) is 1.61.